The lowest BCUT2D eigenvalue weighted by atomic mass is 10.0. The van der Waals surface area contributed by atoms with E-state index in [0.717, 1.165) is 37.2 Å². The number of piperazine rings is 1. The lowest BCUT2D eigenvalue weighted by molar-refractivity contribution is -0.118. The van der Waals surface area contributed by atoms with Gasteiger partial charge in [0.1, 0.15) is 5.75 Å². The highest BCUT2D eigenvalue weighted by molar-refractivity contribution is 7.92. The summed E-state index contributed by atoms with van der Waals surface area (Å²) in [5.41, 5.74) is 2.88. The Bertz CT molecular complexity index is 1430. The SMILES string of the molecule is CN1CCN(C(=O)c2ccc(NC(=O)COc3ccc(S(=O)(=O)N4CCCc5ccccc54)cc3)cc2)CC1. The van der Waals surface area contributed by atoms with Crippen molar-refractivity contribution < 1.29 is 22.7 Å². The number of aryl methyl sites for hydroxylation is 1. The first-order valence-corrected chi connectivity index (χ1v) is 14.5. The number of carbonyl (C=O) groups is 2. The topological polar surface area (TPSA) is 99.3 Å². The summed E-state index contributed by atoms with van der Waals surface area (Å²) in [7, 11) is -1.67. The molecule has 0 spiro atoms. The van der Waals surface area contributed by atoms with Crippen LogP contribution in [0.3, 0.4) is 0 Å². The summed E-state index contributed by atoms with van der Waals surface area (Å²) in [4.78, 5) is 29.3. The molecule has 2 aliphatic rings. The number of fused-ring (bicyclic) bond motifs is 1. The van der Waals surface area contributed by atoms with E-state index >= 15 is 0 Å². The molecule has 2 amide bonds. The third-order valence-corrected chi connectivity index (χ3v) is 8.88. The molecule has 2 heterocycles. The van der Waals surface area contributed by atoms with Crippen molar-refractivity contribution in [2.24, 2.45) is 0 Å². The largest absolute Gasteiger partial charge is 0.484 e. The molecule has 204 valence electrons. The molecule has 0 unspecified atom stereocenters. The Morgan fingerprint density at radius 2 is 1.56 bits per heavy atom. The molecular weight excluding hydrogens is 516 g/mol. The summed E-state index contributed by atoms with van der Waals surface area (Å²) in [6, 6.07) is 20.4. The van der Waals surface area contributed by atoms with Crippen LogP contribution >= 0.6 is 0 Å². The minimum atomic E-state index is -3.71. The summed E-state index contributed by atoms with van der Waals surface area (Å²) in [5, 5.41) is 2.75. The zero-order valence-corrected chi connectivity index (χ0v) is 22.7. The molecular formula is C29H32N4O5S. The van der Waals surface area contributed by atoms with Gasteiger partial charge in [0.2, 0.25) is 0 Å². The molecule has 39 heavy (non-hydrogen) atoms. The second kappa shape index (κ2) is 11.5. The number of rotatable bonds is 7. The first-order valence-electron chi connectivity index (χ1n) is 13.0. The Morgan fingerprint density at radius 1 is 0.872 bits per heavy atom. The summed E-state index contributed by atoms with van der Waals surface area (Å²) in [6.45, 7) is 3.29. The van der Waals surface area contributed by atoms with E-state index in [9.17, 15) is 18.0 Å². The Balaban J connectivity index is 1.14. The van der Waals surface area contributed by atoms with E-state index in [1.807, 2.05) is 36.2 Å². The van der Waals surface area contributed by atoms with Gasteiger partial charge in [-0.05, 0) is 80.1 Å². The van der Waals surface area contributed by atoms with Gasteiger partial charge in [-0.3, -0.25) is 13.9 Å². The zero-order chi connectivity index (χ0) is 27.4. The van der Waals surface area contributed by atoms with Crippen molar-refractivity contribution in [3.8, 4) is 5.75 Å². The van der Waals surface area contributed by atoms with Crippen molar-refractivity contribution in [2.75, 3.05) is 56.0 Å². The number of ether oxygens (including phenoxy) is 1. The van der Waals surface area contributed by atoms with Crippen LogP contribution in [0.15, 0.2) is 77.7 Å². The predicted molar refractivity (Wildman–Crippen MR) is 150 cm³/mol. The van der Waals surface area contributed by atoms with E-state index in [-0.39, 0.29) is 23.3 Å². The van der Waals surface area contributed by atoms with Crippen molar-refractivity contribution in [1.29, 1.82) is 0 Å². The second-order valence-electron chi connectivity index (χ2n) is 9.79. The van der Waals surface area contributed by atoms with Gasteiger partial charge in [0.25, 0.3) is 21.8 Å². The quantitative estimate of drug-likeness (QED) is 0.487. The van der Waals surface area contributed by atoms with Crippen molar-refractivity contribution in [2.45, 2.75) is 17.7 Å². The smallest absolute Gasteiger partial charge is 0.264 e. The molecule has 1 saturated heterocycles. The normalized spacial score (nSPS) is 15.9. The number of hydrogen-bond donors (Lipinski definition) is 1. The highest BCUT2D eigenvalue weighted by Gasteiger charge is 2.29. The molecule has 5 rings (SSSR count). The fourth-order valence-electron chi connectivity index (χ4n) is 4.82. The van der Waals surface area contributed by atoms with E-state index < -0.39 is 10.0 Å². The minimum absolute atomic E-state index is 0.0146. The fraction of sp³-hybridized carbons (Fsp3) is 0.310. The fourth-order valence-corrected chi connectivity index (χ4v) is 6.36. The van der Waals surface area contributed by atoms with Crippen LogP contribution in [-0.2, 0) is 21.2 Å². The van der Waals surface area contributed by atoms with Crippen molar-refractivity contribution >= 4 is 33.2 Å². The molecule has 0 bridgehead atoms. The molecule has 10 heteroatoms. The summed E-state index contributed by atoms with van der Waals surface area (Å²) in [5.74, 6) is 0.00491. The predicted octanol–water partition coefficient (Wildman–Crippen LogP) is 3.23. The number of sulfonamides is 1. The number of benzene rings is 3. The number of amides is 2. The van der Waals surface area contributed by atoms with Crippen molar-refractivity contribution in [3.05, 3.63) is 83.9 Å². The average molecular weight is 549 g/mol. The molecule has 2 aliphatic heterocycles. The first kappa shape index (κ1) is 26.7. The van der Waals surface area contributed by atoms with Crippen LogP contribution in [0.1, 0.15) is 22.3 Å². The second-order valence-corrected chi connectivity index (χ2v) is 11.7. The van der Waals surface area contributed by atoms with Gasteiger partial charge >= 0.3 is 0 Å². The van der Waals surface area contributed by atoms with Gasteiger partial charge < -0.3 is 19.9 Å². The third kappa shape index (κ3) is 6.07. The van der Waals surface area contributed by atoms with Gasteiger partial charge in [-0.2, -0.15) is 0 Å². The van der Waals surface area contributed by atoms with Crippen LogP contribution in [0.2, 0.25) is 0 Å². The molecule has 0 saturated carbocycles. The Hall–Kier alpha value is -3.89. The summed E-state index contributed by atoms with van der Waals surface area (Å²) < 4.78 is 33.6. The number of likely N-dealkylation sites (N-methyl/N-ethyl adjacent to an activating group) is 1. The Kier molecular flexibility index (Phi) is 7.85. The molecule has 0 atom stereocenters. The molecule has 3 aromatic carbocycles. The number of carbonyl (C=O) groups excluding carboxylic acids is 2. The van der Waals surface area contributed by atoms with E-state index in [4.69, 9.17) is 4.74 Å². The minimum Gasteiger partial charge on any atom is -0.484 e. The number of nitrogens with one attached hydrogen (secondary N) is 1. The molecule has 9 nitrogen and oxygen atoms in total. The number of para-hydroxylation sites is 1. The lowest BCUT2D eigenvalue weighted by Gasteiger charge is -2.32. The van der Waals surface area contributed by atoms with Crippen LogP contribution < -0.4 is 14.4 Å². The van der Waals surface area contributed by atoms with Crippen LogP contribution in [0, 0.1) is 0 Å². The highest BCUT2D eigenvalue weighted by Crippen LogP contribution is 2.32. The molecule has 1 N–H and O–H groups in total. The van der Waals surface area contributed by atoms with Gasteiger partial charge in [0, 0.05) is 44.0 Å². The molecule has 0 aliphatic carbocycles. The Morgan fingerprint density at radius 3 is 2.28 bits per heavy atom. The van der Waals surface area contributed by atoms with E-state index in [1.165, 1.54) is 16.4 Å². The summed E-state index contributed by atoms with van der Waals surface area (Å²) in [6.07, 6.45) is 1.62. The zero-order valence-electron chi connectivity index (χ0n) is 21.9. The molecule has 0 radical (unpaired) electrons. The van der Waals surface area contributed by atoms with Crippen LogP contribution in [-0.4, -0.2) is 76.4 Å². The first-order chi connectivity index (χ1) is 18.8. The van der Waals surface area contributed by atoms with Crippen LogP contribution in [0.25, 0.3) is 0 Å². The number of anilines is 2. The monoisotopic (exact) mass is 548 g/mol. The number of hydrogen-bond acceptors (Lipinski definition) is 6. The third-order valence-electron chi connectivity index (χ3n) is 7.06. The van der Waals surface area contributed by atoms with E-state index in [1.54, 1.807) is 36.4 Å². The lowest BCUT2D eigenvalue weighted by Crippen LogP contribution is -2.47. The maximum absolute atomic E-state index is 13.3. The maximum atomic E-state index is 13.3. The van der Waals surface area contributed by atoms with Gasteiger partial charge in [-0.25, -0.2) is 8.42 Å². The standard InChI is InChI=1S/C29H32N4O5S/c1-31-17-19-32(20-18-31)29(35)23-8-10-24(11-9-23)30-28(34)21-38-25-12-14-26(15-13-25)39(36,37)33-16-4-6-22-5-2-3-7-27(22)33/h2-3,5,7-15H,4,6,16-21H2,1H3,(H,30,34). The summed E-state index contributed by atoms with van der Waals surface area (Å²) >= 11 is 0. The van der Waals surface area contributed by atoms with Crippen LogP contribution in [0.4, 0.5) is 11.4 Å². The average Bonchev–Trinajstić information content (AvgIpc) is 2.96. The van der Waals surface area contributed by atoms with Gasteiger partial charge in [-0.15, -0.1) is 0 Å². The van der Waals surface area contributed by atoms with Crippen molar-refractivity contribution in [3.63, 3.8) is 0 Å². The molecule has 3 aromatic rings. The molecule has 1 fully saturated rings. The van der Waals surface area contributed by atoms with Crippen molar-refractivity contribution in [1.82, 2.24) is 9.80 Å². The highest BCUT2D eigenvalue weighted by atomic mass is 32.2. The molecule has 0 aromatic heterocycles. The Labute approximate surface area is 229 Å². The van der Waals surface area contributed by atoms with E-state index in [2.05, 4.69) is 10.2 Å². The van der Waals surface area contributed by atoms with E-state index in [0.29, 0.717) is 36.6 Å². The van der Waals surface area contributed by atoms with Gasteiger partial charge in [0.15, 0.2) is 6.61 Å². The van der Waals surface area contributed by atoms with Gasteiger partial charge in [-0.1, -0.05) is 18.2 Å². The maximum Gasteiger partial charge on any atom is 0.264 e. The van der Waals surface area contributed by atoms with Gasteiger partial charge in [0.05, 0.1) is 10.6 Å². The number of nitrogens with zero attached hydrogens (tertiary/aromatic N) is 3. The van der Waals surface area contributed by atoms with Crippen LogP contribution in [0.5, 0.6) is 5.75 Å².